The summed E-state index contributed by atoms with van der Waals surface area (Å²) in [4.78, 5) is 26.1. The second kappa shape index (κ2) is 5.94. The van der Waals surface area contributed by atoms with E-state index in [1.54, 1.807) is 6.33 Å². The van der Waals surface area contributed by atoms with Gasteiger partial charge in [-0.1, -0.05) is 13.8 Å². The van der Waals surface area contributed by atoms with Crippen LogP contribution in [0, 0.1) is 6.92 Å². The molecule has 0 aliphatic carbocycles. The molecule has 1 N–H and O–H groups in total. The summed E-state index contributed by atoms with van der Waals surface area (Å²) >= 11 is 0. The van der Waals surface area contributed by atoms with Gasteiger partial charge in [0.15, 0.2) is 5.89 Å². The maximum Gasteiger partial charge on any atom is 0.291 e. The Morgan fingerprint density at radius 1 is 1.41 bits per heavy atom. The highest BCUT2D eigenvalue weighted by atomic mass is 16.4. The van der Waals surface area contributed by atoms with Crippen molar-refractivity contribution in [2.24, 2.45) is 0 Å². The molecule has 22 heavy (non-hydrogen) atoms. The predicted molar refractivity (Wildman–Crippen MR) is 81.8 cm³/mol. The number of piperidine rings is 1. The zero-order chi connectivity index (χ0) is 15.7. The van der Waals surface area contributed by atoms with E-state index in [0.29, 0.717) is 23.3 Å². The van der Waals surface area contributed by atoms with Crippen molar-refractivity contribution in [3.63, 3.8) is 0 Å². The number of imidazole rings is 1. The van der Waals surface area contributed by atoms with Crippen LogP contribution in [-0.2, 0) is 0 Å². The maximum atomic E-state index is 12.6. The zero-order valence-corrected chi connectivity index (χ0v) is 13.3. The molecular formula is C16H22N4O2. The monoisotopic (exact) mass is 302 g/mol. The van der Waals surface area contributed by atoms with Crippen LogP contribution in [0.1, 0.15) is 66.4 Å². The molecule has 1 fully saturated rings. The number of hydrogen-bond donors (Lipinski definition) is 1. The van der Waals surface area contributed by atoms with E-state index in [9.17, 15) is 4.79 Å². The van der Waals surface area contributed by atoms with Crippen molar-refractivity contribution in [2.45, 2.75) is 45.4 Å². The van der Waals surface area contributed by atoms with Crippen LogP contribution in [-0.4, -0.2) is 38.8 Å². The summed E-state index contributed by atoms with van der Waals surface area (Å²) in [7, 11) is 0. The van der Waals surface area contributed by atoms with Crippen LogP contribution >= 0.6 is 0 Å². The van der Waals surface area contributed by atoms with Gasteiger partial charge in [0.05, 0.1) is 12.0 Å². The van der Waals surface area contributed by atoms with E-state index in [1.807, 2.05) is 31.9 Å². The summed E-state index contributed by atoms with van der Waals surface area (Å²) in [6, 6.07) is 0. The summed E-state index contributed by atoms with van der Waals surface area (Å²) in [5, 5.41) is 0. The van der Waals surface area contributed by atoms with Gasteiger partial charge in [-0.05, 0) is 19.8 Å². The number of nitrogens with one attached hydrogen (secondary N) is 1. The van der Waals surface area contributed by atoms with Crippen molar-refractivity contribution in [2.75, 3.05) is 13.1 Å². The fraction of sp³-hybridized carbons (Fsp3) is 0.562. The van der Waals surface area contributed by atoms with Crippen LogP contribution in [0.15, 0.2) is 16.9 Å². The normalized spacial score (nSPS) is 16.5. The van der Waals surface area contributed by atoms with Crippen LogP contribution in [0.25, 0.3) is 0 Å². The van der Waals surface area contributed by atoms with Crippen LogP contribution < -0.4 is 0 Å². The molecule has 2 aromatic rings. The lowest BCUT2D eigenvalue weighted by Gasteiger charge is -2.30. The third-order valence-electron chi connectivity index (χ3n) is 4.24. The molecule has 0 atom stereocenters. The summed E-state index contributed by atoms with van der Waals surface area (Å²) in [5.41, 5.74) is 1.84. The summed E-state index contributed by atoms with van der Waals surface area (Å²) in [5.74, 6) is 1.62. The van der Waals surface area contributed by atoms with Crippen LogP contribution in [0.5, 0.6) is 0 Å². The highest BCUT2D eigenvalue weighted by Gasteiger charge is 2.28. The SMILES string of the molecule is Cc1nc(C(C)C)oc1C(=O)N1CCC(c2cnc[nH]2)CC1. The Labute approximate surface area is 129 Å². The molecular weight excluding hydrogens is 280 g/mol. The minimum atomic E-state index is -0.0417. The van der Waals surface area contributed by atoms with Crippen molar-refractivity contribution >= 4 is 5.91 Å². The molecule has 0 radical (unpaired) electrons. The number of aromatic amines is 1. The number of carbonyl (C=O) groups is 1. The van der Waals surface area contributed by atoms with E-state index in [1.165, 1.54) is 0 Å². The van der Waals surface area contributed by atoms with E-state index in [0.717, 1.165) is 31.6 Å². The first-order valence-corrected chi connectivity index (χ1v) is 7.81. The van der Waals surface area contributed by atoms with Crippen LogP contribution in [0.3, 0.4) is 0 Å². The fourth-order valence-electron chi connectivity index (χ4n) is 2.89. The Bertz CT molecular complexity index is 637. The lowest BCUT2D eigenvalue weighted by atomic mass is 9.94. The summed E-state index contributed by atoms with van der Waals surface area (Å²) < 4.78 is 5.67. The van der Waals surface area contributed by atoms with Gasteiger partial charge in [0.2, 0.25) is 5.76 Å². The third-order valence-corrected chi connectivity index (χ3v) is 4.24. The lowest BCUT2D eigenvalue weighted by Crippen LogP contribution is -2.38. The first-order chi connectivity index (χ1) is 10.6. The number of aromatic nitrogens is 3. The van der Waals surface area contributed by atoms with Gasteiger partial charge in [-0.2, -0.15) is 0 Å². The lowest BCUT2D eigenvalue weighted by molar-refractivity contribution is 0.0676. The van der Waals surface area contributed by atoms with E-state index < -0.39 is 0 Å². The van der Waals surface area contributed by atoms with E-state index in [2.05, 4.69) is 15.0 Å². The van der Waals surface area contributed by atoms with Crippen molar-refractivity contribution in [3.05, 3.63) is 35.6 Å². The quantitative estimate of drug-likeness (QED) is 0.946. The molecule has 1 aliphatic heterocycles. The molecule has 3 heterocycles. The topological polar surface area (TPSA) is 75.0 Å². The Hall–Kier alpha value is -2.11. The molecule has 1 aliphatic rings. The molecule has 1 saturated heterocycles. The van der Waals surface area contributed by atoms with Gasteiger partial charge < -0.3 is 14.3 Å². The molecule has 0 bridgehead atoms. The van der Waals surface area contributed by atoms with Crippen molar-refractivity contribution in [3.8, 4) is 0 Å². The molecule has 2 aromatic heterocycles. The predicted octanol–water partition coefficient (Wildman–Crippen LogP) is 2.85. The highest BCUT2D eigenvalue weighted by Crippen LogP contribution is 2.28. The first-order valence-electron chi connectivity index (χ1n) is 7.81. The minimum absolute atomic E-state index is 0.0417. The van der Waals surface area contributed by atoms with Gasteiger partial charge in [0.25, 0.3) is 5.91 Å². The third kappa shape index (κ3) is 2.77. The Kier molecular flexibility index (Phi) is 4.00. The smallest absolute Gasteiger partial charge is 0.291 e. The van der Waals surface area contributed by atoms with Crippen LogP contribution in [0.4, 0.5) is 0 Å². The van der Waals surface area contributed by atoms with Gasteiger partial charge in [-0.25, -0.2) is 9.97 Å². The standard InChI is InChI=1S/C16H22N4O2/c1-10(2)15-19-11(3)14(22-15)16(21)20-6-4-12(5-7-20)13-8-17-9-18-13/h8-10,12H,4-7H2,1-3H3,(H,17,18). The number of H-pyrrole nitrogens is 1. The van der Waals surface area contributed by atoms with Gasteiger partial charge in [0, 0.05) is 36.8 Å². The number of likely N-dealkylation sites (tertiary alicyclic amines) is 1. The highest BCUT2D eigenvalue weighted by molar-refractivity contribution is 5.92. The molecule has 3 rings (SSSR count). The summed E-state index contributed by atoms with van der Waals surface area (Å²) in [6.45, 7) is 7.32. The number of carbonyl (C=O) groups excluding carboxylic acids is 1. The number of amides is 1. The Morgan fingerprint density at radius 2 is 2.14 bits per heavy atom. The van der Waals surface area contributed by atoms with Crippen molar-refractivity contribution < 1.29 is 9.21 Å². The van der Waals surface area contributed by atoms with Gasteiger partial charge in [-0.3, -0.25) is 4.79 Å². The number of aryl methyl sites for hydroxylation is 1. The molecule has 0 aromatic carbocycles. The molecule has 1 amide bonds. The number of rotatable bonds is 3. The molecule has 0 spiro atoms. The largest absolute Gasteiger partial charge is 0.435 e. The van der Waals surface area contributed by atoms with Gasteiger partial charge in [0.1, 0.15) is 0 Å². The fourth-order valence-corrected chi connectivity index (χ4v) is 2.89. The molecule has 0 unspecified atom stereocenters. The van der Waals surface area contributed by atoms with Gasteiger partial charge in [-0.15, -0.1) is 0 Å². The van der Waals surface area contributed by atoms with E-state index in [4.69, 9.17) is 4.42 Å². The molecule has 118 valence electrons. The van der Waals surface area contributed by atoms with Crippen molar-refractivity contribution in [1.82, 2.24) is 19.9 Å². The van der Waals surface area contributed by atoms with Gasteiger partial charge >= 0.3 is 0 Å². The van der Waals surface area contributed by atoms with E-state index >= 15 is 0 Å². The molecule has 0 saturated carbocycles. The van der Waals surface area contributed by atoms with Crippen molar-refractivity contribution in [1.29, 1.82) is 0 Å². The average Bonchev–Trinajstić information content (AvgIpc) is 3.16. The average molecular weight is 302 g/mol. The molecule has 6 nitrogen and oxygen atoms in total. The Balaban J connectivity index is 1.67. The van der Waals surface area contributed by atoms with Crippen LogP contribution in [0.2, 0.25) is 0 Å². The first kappa shape index (κ1) is 14.8. The number of oxazole rings is 1. The second-order valence-corrected chi connectivity index (χ2v) is 6.19. The van der Waals surface area contributed by atoms with E-state index in [-0.39, 0.29) is 11.8 Å². The summed E-state index contributed by atoms with van der Waals surface area (Å²) in [6.07, 6.45) is 5.46. The zero-order valence-electron chi connectivity index (χ0n) is 13.3. The maximum absolute atomic E-state index is 12.6. The molecule has 6 heteroatoms. The minimum Gasteiger partial charge on any atom is -0.435 e. The Morgan fingerprint density at radius 3 is 2.68 bits per heavy atom. The number of nitrogens with zero attached hydrogens (tertiary/aromatic N) is 3. The second-order valence-electron chi connectivity index (χ2n) is 6.19. The number of hydrogen-bond acceptors (Lipinski definition) is 4.